The molecule has 0 saturated carbocycles. The van der Waals surface area contributed by atoms with Crippen molar-refractivity contribution >= 4 is 5.91 Å². The quantitative estimate of drug-likeness (QED) is 0.632. The lowest BCUT2D eigenvalue weighted by molar-refractivity contribution is -0.146. The van der Waals surface area contributed by atoms with E-state index in [1.165, 1.54) is 12.1 Å². The zero-order valence-electron chi connectivity index (χ0n) is 16.2. The molecule has 6 heteroatoms. The standard InChI is InChI=1S/C23H26FNO4/c24-20-10-8-17(9-11-20)16-25-23(27)21-14-19(18-6-2-1-3-7-18)15-22(29-21)28-13-5-4-12-26/h1-3,6-11,14,19,22,26H,4-5,12-13,15-16H2,(H,25,27)/t19-,22+/m1/s1. The largest absolute Gasteiger partial charge is 0.459 e. The molecule has 5 nitrogen and oxygen atoms in total. The SMILES string of the molecule is O=C(NCc1ccc(F)cc1)C1=C[C@@H](c2ccccc2)C[C@@H](OCCCCO)O1. The summed E-state index contributed by atoms with van der Waals surface area (Å²) in [6.07, 6.45) is 3.29. The molecule has 0 aromatic heterocycles. The number of aliphatic hydroxyl groups is 1. The fourth-order valence-corrected chi connectivity index (χ4v) is 3.15. The smallest absolute Gasteiger partial charge is 0.286 e. The van der Waals surface area contributed by atoms with Crippen LogP contribution in [0.1, 0.15) is 36.3 Å². The summed E-state index contributed by atoms with van der Waals surface area (Å²) in [7, 11) is 0. The molecule has 1 heterocycles. The normalized spacial score (nSPS) is 18.6. The van der Waals surface area contributed by atoms with E-state index in [0.29, 0.717) is 19.4 Å². The molecule has 3 rings (SSSR count). The van der Waals surface area contributed by atoms with Crippen LogP contribution in [0, 0.1) is 5.82 Å². The van der Waals surface area contributed by atoms with Crippen molar-refractivity contribution in [1.29, 1.82) is 0 Å². The number of benzene rings is 2. The monoisotopic (exact) mass is 399 g/mol. The molecule has 0 bridgehead atoms. The van der Waals surface area contributed by atoms with Crippen LogP contribution in [-0.2, 0) is 20.8 Å². The van der Waals surface area contributed by atoms with E-state index in [1.807, 2.05) is 36.4 Å². The number of allylic oxidation sites excluding steroid dienone is 1. The molecule has 0 unspecified atom stereocenters. The molecular weight excluding hydrogens is 373 g/mol. The van der Waals surface area contributed by atoms with E-state index < -0.39 is 6.29 Å². The molecule has 0 fully saturated rings. The first kappa shape index (κ1) is 21.0. The van der Waals surface area contributed by atoms with Crippen molar-refractivity contribution in [2.45, 2.75) is 38.0 Å². The van der Waals surface area contributed by atoms with Gasteiger partial charge in [-0.2, -0.15) is 0 Å². The third-order valence-electron chi connectivity index (χ3n) is 4.73. The highest BCUT2D eigenvalue weighted by Crippen LogP contribution is 2.31. The van der Waals surface area contributed by atoms with Crippen molar-refractivity contribution in [1.82, 2.24) is 5.32 Å². The minimum Gasteiger partial charge on any atom is -0.459 e. The molecule has 1 amide bonds. The zero-order valence-corrected chi connectivity index (χ0v) is 16.2. The number of carbonyl (C=O) groups is 1. The summed E-state index contributed by atoms with van der Waals surface area (Å²) in [5.74, 6) is -0.428. The highest BCUT2D eigenvalue weighted by molar-refractivity contribution is 5.91. The van der Waals surface area contributed by atoms with Gasteiger partial charge in [0, 0.05) is 25.5 Å². The van der Waals surface area contributed by atoms with Gasteiger partial charge in [0.2, 0.25) is 6.29 Å². The second-order valence-electron chi connectivity index (χ2n) is 6.94. The van der Waals surface area contributed by atoms with Gasteiger partial charge in [-0.25, -0.2) is 4.39 Å². The minimum absolute atomic E-state index is 0.000590. The van der Waals surface area contributed by atoms with Crippen molar-refractivity contribution in [3.05, 3.63) is 83.4 Å². The summed E-state index contributed by atoms with van der Waals surface area (Å²) in [4.78, 5) is 12.7. The predicted octanol–water partition coefficient (Wildman–Crippen LogP) is 3.65. The number of aliphatic hydroxyl groups excluding tert-OH is 1. The van der Waals surface area contributed by atoms with Gasteiger partial charge >= 0.3 is 0 Å². The van der Waals surface area contributed by atoms with Crippen molar-refractivity contribution in [3.8, 4) is 0 Å². The van der Waals surface area contributed by atoms with Crippen LogP contribution in [0.15, 0.2) is 66.4 Å². The number of carbonyl (C=O) groups excluding carboxylic acids is 1. The molecule has 2 atom stereocenters. The Morgan fingerprint density at radius 3 is 2.62 bits per heavy atom. The van der Waals surface area contributed by atoms with E-state index in [2.05, 4.69) is 5.32 Å². The molecule has 29 heavy (non-hydrogen) atoms. The Bertz CT molecular complexity index is 807. The lowest BCUT2D eigenvalue weighted by Gasteiger charge is -2.29. The molecule has 154 valence electrons. The van der Waals surface area contributed by atoms with Gasteiger partial charge < -0.3 is 19.9 Å². The van der Waals surface area contributed by atoms with Gasteiger partial charge in [-0.05, 0) is 42.2 Å². The Morgan fingerprint density at radius 2 is 1.90 bits per heavy atom. The van der Waals surface area contributed by atoms with Gasteiger partial charge in [0.25, 0.3) is 5.91 Å². The second-order valence-corrected chi connectivity index (χ2v) is 6.94. The summed E-state index contributed by atoms with van der Waals surface area (Å²) in [6.45, 7) is 0.855. The molecule has 2 N–H and O–H groups in total. The third-order valence-corrected chi connectivity index (χ3v) is 4.73. The molecule has 0 radical (unpaired) electrons. The number of amides is 1. The maximum atomic E-state index is 13.0. The van der Waals surface area contributed by atoms with Crippen LogP contribution < -0.4 is 5.32 Å². The first-order valence-electron chi connectivity index (χ1n) is 9.84. The maximum absolute atomic E-state index is 13.0. The minimum atomic E-state index is -0.532. The number of halogens is 1. The van der Waals surface area contributed by atoms with Crippen molar-refractivity contribution in [2.75, 3.05) is 13.2 Å². The van der Waals surface area contributed by atoms with Gasteiger partial charge in [0.15, 0.2) is 5.76 Å². The molecule has 2 aromatic carbocycles. The van der Waals surface area contributed by atoms with E-state index in [9.17, 15) is 9.18 Å². The molecule has 2 aromatic rings. The lowest BCUT2D eigenvalue weighted by atomic mass is 9.93. The van der Waals surface area contributed by atoms with Crippen LogP contribution in [0.5, 0.6) is 0 Å². The Morgan fingerprint density at radius 1 is 1.14 bits per heavy atom. The zero-order chi connectivity index (χ0) is 20.5. The fourth-order valence-electron chi connectivity index (χ4n) is 3.15. The molecule has 0 spiro atoms. The van der Waals surface area contributed by atoms with Crippen LogP contribution in [0.3, 0.4) is 0 Å². The first-order valence-corrected chi connectivity index (χ1v) is 9.84. The van der Waals surface area contributed by atoms with Crippen LogP contribution >= 0.6 is 0 Å². The van der Waals surface area contributed by atoms with Crippen molar-refractivity contribution in [2.24, 2.45) is 0 Å². The second kappa shape index (κ2) is 10.7. The summed E-state index contributed by atoms with van der Waals surface area (Å²) < 4.78 is 24.6. The number of rotatable bonds is 9. The molecule has 0 aliphatic carbocycles. The third kappa shape index (κ3) is 6.41. The number of ether oxygens (including phenoxy) is 2. The van der Waals surface area contributed by atoms with E-state index in [4.69, 9.17) is 14.6 Å². The number of unbranched alkanes of at least 4 members (excludes halogenated alkanes) is 1. The molecule has 1 aliphatic rings. The van der Waals surface area contributed by atoms with Gasteiger partial charge in [-0.15, -0.1) is 0 Å². The van der Waals surface area contributed by atoms with Crippen molar-refractivity contribution < 1.29 is 23.8 Å². The maximum Gasteiger partial charge on any atom is 0.286 e. The van der Waals surface area contributed by atoms with Gasteiger partial charge in [0.1, 0.15) is 5.82 Å². The molecule has 0 saturated heterocycles. The van der Waals surface area contributed by atoms with E-state index in [0.717, 1.165) is 17.5 Å². The Hall–Kier alpha value is -2.70. The van der Waals surface area contributed by atoms with Gasteiger partial charge in [0.05, 0.1) is 6.61 Å². The first-order chi connectivity index (χ1) is 14.2. The van der Waals surface area contributed by atoms with Gasteiger partial charge in [-0.1, -0.05) is 42.5 Å². The van der Waals surface area contributed by atoms with Crippen LogP contribution in [0.4, 0.5) is 4.39 Å². The average Bonchev–Trinajstić information content (AvgIpc) is 2.76. The molecule has 1 aliphatic heterocycles. The Balaban J connectivity index is 1.66. The summed E-state index contributed by atoms with van der Waals surface area (Å²) in [6, 6.07) is 15.9. The summed E-state index contributed by atoms with van der Waals surface area (Å²) in [5.41, 5.74) is 1.89. The van der Waals surface area contributed by atoms with E-state index in [1.54, 1.807) is 12.1 Å². The van der Waals surface area contributed by atoms with E-state index in [-0.39, 0.29) is 36.6 Å². The van der Waals surface area contributed by atoms with Crippen LogP contribution in [0.2, 0.25) is 0 Å². The van der Waals surface area contributed by atoms with E-state index >= 15 is 0 Å². The van der Waals surface area contributed by atoms with Crippen molar-refractivity contribution in [3.63, 3.8) is 0 Å². The topological polar surface area (TPSA) is 67.8 Å². The number of hydrogen-bond donors (Lipinski definition) is 2. The summed E-state index contributed by atoms with van der Waals surface area (Å²) >= 11 is 0. The average molecular weight is 399 g/mol. The number of nitrogens with one attached hydrogen (secondary N) is 1. The van der Waals surface area contributed by atoms with Crippen LogP contribution in [-0.4, -0.2) is 30.5 Å². The Kier molecular flexibility index (Phi) is 7.78. The van der Waals surface area contributed by atoms with Gasteiger partial charge in [-0.3, -0.25) is 4.79 Å². The highest BCUT2D eigenvalue weighted by atomic mass is 19.1. The fraction of sp³-hybridized carbons (Fsp3) is 0.348. The predicted molar refractivity (Wildman–Crippen MR) is 107 cm³/mol. The highest BCUT2D eigenvalue weighted by Gasteiger charge is 2.28. The lowest BCUT2D eigenvalue weighted by Crippen LogP contribution is -2.32. The number of hydrogen-bond acceptors (Lipinski definition) is 4. The molecular formula is C23H26FNO4. The van der Waals surface area contributed by atoms with Crippen LogP contribution in [0.25, 0.3) is 0 Å². The Labute approximate surface area is 170 Å². The summed E-state index contributed by atoms with van der Waals surface area (Å²) in [5, 5.41) is 11.7.